The van der Waals surface area contributed by atoms with Crippen LogP contribution in [0.4, 0.5) is 4.39 Å². The number of rotatable bonds is 4. The summed E-state index contributed by atoms with van der Waals surface area (Å²) in [6.45, 7) is 0.826. The van der Waals surface area contributed by atoms with E-state index in [4.69, 9.17) is 0 Å². The number of halogens is 1. The maximum atomic E-state index is 14.4. The zero-order valence-electron chi connectivity index (χ0n) is 9.93. The highest BCUT2D eigenvalue weighted by atomic mass is 19.1. The lowest BCUT2D eigenvalue weighted by atomic mass is 9.92. The highest BCUT2D eigenvalue weighted by Gasteiger charge is 2.33. The summed E-state index contributed by atoms with van der Waals surface area (Å²) < 4.78 is 14.4. The Morgan fingerprint density at radius 3 is 2.44 bits per heavy atom. The van der Waals surface area contributed by atoms with Crippen LogP contribution in [0.5, 0.6) is 0 Å². The van der Waals surface area contributed by atoms with E-state index >= 15 is 0 Å². The highest BCUT2D eigenvalue weighted by molar-refractivity contribution is 5.28. The van der Waals surface area contributed by atoms with Gasteiger partial charge in [0.1, 0.15) is 5.67 Å². The molecule has 0 atom stereocenters. The lowest BCUT2D eigenvalue weighted by molar-refractivity contribution is 0.172. The number of benzene rings is 1. The molecule has 16 heavy (non-hydrogen) atoms. The molecule has 1 aromatic rings. The molecule has 0 aliphatic heterocycles. The molecule has 0 amide bonds. The van der Waals surface area contributed by atoms with Gasteiger partial charge in [0.15, 0.2) is 0 Å². The second-order valence-electron chi connectivity index (χ2n) is 4.83. The summed E-state index contributed by atoms with van der Waals surface area (Å²) in [6, 6.07) is 8.18. The van der Waals surface area contributed by atoms with E-state index in [0.29, 0.717) is 6.42 Å². The van der Waals surface area contributed by atoms with Gasteiger partial charge in [-0.3, -0.25) is 0 Å². The molecular formula is C14H20FN. The predicted octanol–water partition coefficient (Wildman–Crippen LogP) is 3.23. The van der Waals surface area contributed by atoms with Gasteiger partial charge >= 0.3 is 0 Å². The lowest BCUT2D eigenvalue weighted by Gasteiger charge is -2.20. The molecule has 1 aliphatic carbocycles. The normalized spacial score (nSPS) is 18.9. The molecule has 1 aliphatic rings. The van der Waals surface area contributed by atoms with Crippen molar-refractivity contribution in [2.45, 2.75) is 44.3 Å². The van der Waals surface area contributed by atoms with E-state index in [0.717, 1.165) is 32.2 Å². The van der Waals surface area contributed by atoms with E-state index < -0.39 is 5.67 Å². The summed E-state index contributed by atoms with van der Waals surface area (Å²) >= 11 is 0. The van der Waals surface area contributed by atoms with Crippen molar-refractivity contribution >= 4 is 0 Å². The first-order valence-corrected chi connectivity index (χ1v) is 6.14. The summed E-state index contributed by atoms with van der Waals surface area (Å²) in [6.07, 6.45) is 4.15. The van der Waals surface area contributed by atoms with Crippen LogP contribution < -0.4 is 5.32 Å². The van der Waals surface area contributed by atoms with E-state index in [1.807, 2.05) is 19.2 Å². The molecule has 1 N–H and O–H groups in total. The third-order valence-electron chi connectivity index (χ3n) is 3.49. The van der Waals surface area contributed by atoms with Gasteiger partial charge in [0.2, 0.25) is 0 Å². The third kappa shape index (κ3) is 2.62. The molecule has 1 fully saturated rings. The Morgan fingerprint density at radius 2 is 1.81 bits per heavy atom. The molecule has 2 heteroatoms. The fourth-order valence-electron chi connectivity index (χ4n) is 2.62. The first kappa shape index (κ1) is 11.6. The second-order valence-corrected chi connectivity index (χ2v) is 4.83. The molecule has 88 valence electrons. The van der Waals surface area contributed by atoms with Crippen LogP contribution in [0, 0.1) is 0 Å². The maximum Gasteiger partial charge on any atom is 0.115 e. The molecule has 2 rings (SSSR count). The van der Waals surface area contributed by atoms with Crippen molar-refractivity contribution in [3.05, 3.63) is 35.4 Å². The summed E-state index contributed by atoms with van der Waals surface area (Å²) in [5, 5.41) is 3.14. The Balaban J connectivity index is 2.13. The Kier molecular flexibility index (Phi) is 3.59. The van der Waals surface area contributed by atoms with Crippen molar-refractivity contribution in [3.63, 3.8) is 0 Å². The molecule has 1 saturated carbocycles. The van der Waals surface area contributed by atoms with Crippen LogP contribution in [0.2, 0.25) is 0 Å². The minimum absolute atomic E-state index is 0.588. The van der Waals surface area contributed by atoms with Crippen LogP contribution in [0.3, 0.4) is 0 Å². The van der Waals surface area contributed by atoms with Gasteiger partial charge < -0.3 is 5.32 Å². The van der Waals surface area contributed by atoms with Gasteiger partial charge in [-0.05, 0) is 31.0 Å². The Morgan fingerprint density at radius 1 is 1.19 bits per heavy atom. The van der Waals surface area contributed by atoms with Crippen molar-refractivity contribution < 1.29 is 4.39 Å². The van der Waals surface area contributed by atoms with Crippen LogP contribution in [-0.2, 0) is 13.0 Å². The maximum absolute atomic E-state index is 14.4. The third-order valence-corrected chi connectivity index (χ3v) is 3.49. The first-order chi connectivity index (χ1) is 7.73. The SMILES string of the molecule is CNCc1ccccc1CC1(F)CCCC1. The monoisotopic (exact) mass is 221 g/mol. The fourth-order valence-corrected chi connectivity index (χ4v) is 2.62. The van der Waals surface area contributed by atoms with Gasteiger partial charge in [-0.15, -0.1) is 0 Å². The minimum Gasteiger partial charge on any atom is -0.316 e. The van der Waals surface area contributed by atoms with Gasteiger partial charge in [-0.1, -0.05) is 37.1 Å². The smallest absolute Gasteiger partial charge is 0.115 e. The van der Waals surface area contributed by atoms with E-state index in [1.165, 1.54) is 11.1 Å². The van der Waals surface area contributed by atoms with Gasteiger partial charge in [0.25, 0.3) is 0 Å². The number of alkyl halides is 1. The number of hydrogen-bond acceptors (Lipinski definition) is 1. The van der Waals surface area contributed by atoms with Crippen LogP contribution >= 0.6 is 0 Å². The van der Waals surface area contributed by atoms with E-state index in [-0.39, 0.29) is 0 Å². The van der Waals surface area contributed by atoms with E-state index in [9.17, 15) is 4.39 Å². The van der Waals surface area contributed by atoms with Crippen LogP contribution in [-0.4, -0.2) is 12.7 Å². The van der Waals surface area contributed by atoms with Crippen LogP contribution in [0.15, 0.2) is 24.3 Å². The second kappa shape index (κ2) is 4.96. The van der Waals surface area contributed by atoms with Crippen LogP contribution in [0.25, 0.3) is 0 Å². The molecule has 1 aromatic carbocycles. The highest BCUT2D eigenvalue weighted by Crippen LogP contribution is 2.36. The molecule has 1 nitrogen and oxygen atoms in total. The molecule has 0 heterocycles. The van der Waals surface area contributed by atoms with Crippen molar-refractivity contribution in [1.29, 1.82) is 0 Å². The molecule has 0 bridgehead atoms. The van der Waals surface area contributed by atoms with Gasteiger partial charge in [-0.2, -0.15) is 0 Å². The largest absolute Gasteiger partial charge is 0.316 e. The Labute approximate surface area is 97.1 Å². The average molecular weight is 221 g/mol. The van der Waals surface area contributed by atoms with Crippen molar-refractivity contribution in [3.8, 4) is 0 Å². The van der Waals surface area contributed by atoms with Gasteiger partial charge in [-0.25, -0.2) is 4.39 Å². The standard InChI is InChI=1S/C14H20FN/c1-16-11-13-7-3-2-6-12(13)10-14(15)8-4-5-9-14/h2-3,6-7,16H,4-5,8-11H2,1H3. The summed E-state index contributed by atoms with van der Waals surface area (Å²) in [5.74, 6) is 0. The van der Waals surface area contributed by atoms with Crippen LogP contribution in [0.1, 0.15) is 36.8 Å². The first-order valence-electron chi connectivity index (χ1n) is 6.14. The van der Waals surface area contributed by atoms with E-state index in [1.54, 1.807) is 0 Å². The Bertz CT molecular complexity index is 342. The van der Waals surface area contributed by atoms with Crippen molar-refractivity contribution in [1.82, 2.24) is 5.32 Å². The Hall–Kier alpha value is -0.890. The summed E-state index contributed by atoms with van der Waals surface area (Å²) in [5.41, 5.74) is 1.46. The molecule has 0 radical (unpaired) electrons. The predicted molar refractivity (Wildman–Crippen MR) is 65.2 cm³/mol. The summed E-state index contributed by atoms with van der Waals surface area (Å²) in [4.78, 5) is 0. The number of nitrogens with one attached hydrogen (secondary N) is 1. The molecule has 0 aromatic heterocycles. The van der Waals surface area contributed by atoms with E-state index in [2.05, 4.69) is 17.4 Å². The molecule has 0 saturated heterocycles. The quantitative estimate of drug-likeness (QED) is 0.823. The molecule has 0 unspecified atom stereocenters. The zero-order valence-corrected chi connectivity index (χ0v) is 9.93. The van der Waals surface area contributed by atoms with Gasteiger partial charge in [0, 0.05) is 13.0 Å². The van der Waals surface area contributed by atoms with Crippen molar-refractivity contribution in [2.24, 2.45) is 0 Å². The zero-order chi connectivity index (χ0) is 11.4. The molecular weight excluding hydrogens is 201 g/mol. The van der Waals surface area contributed by atoms with Gasteiger partial charge in [0.05, 0.1) is 0 Å². The number of hydrogen-bond donors (Lipinski definition) is 1. The topological polar surface area (TPSA) is 12.0 Å². The minimum atomic E-state index is -0.941. The lowest BCUT2D eigenvalue weighted by Crippen LogP contribution is -2.22. The van der Waals surface area contributed by atoms with Crippen molar-refractivity contribution in [2.75, 3.05) is 7.05 Å². The summed E-state index contributed by atoms with van der Waals surface area (Å²) in [7, 11) is 1.93. The molecule has 0 spiro atoms. The fraction of sp³-hybridized carbons (Fsp3) is 0.571. The average Bonchev–Trinajstić information content (AvgIpc) is 2.68.